The van der Waals surface area contributed by atoms with E-state index in [0.717, 1.165) is 0 Å². The molecule has 43 heavy (non-hydrogen) atoms. The smallest absolute Gasteiger partial charge is 0.414 e. The molecule has 0 aromatic heterocycles. The van der Waals surface area contributed by atoms with Gasteiger partial charge in [0.2, 0.25) is 17.3 Å². The summed E-state index contributed by atoms with van der Waals surface area (Å²) in [5.74, 6) is -1.97. The lowest BCUT2D eigenvalue weighted by molar-refractivity contribution is -0.126. The maximum Gasteiger partial charge on any atom is 0.414 e. The minimum absolute atomic E-state index is 0.0978. The quantitative estimate of drug-likeness (QED) is 0.240. The highest BCUT2D eigenvalue weighted by Gasteiger charge is 2.38. The minimum atomic E-state index is -4.99. The molecule has 1 aromatic carbocycles. The second-order valence-electron chi connectivity index (χ2n) is 12.2. The Morgan fingerprint density at radius 3 is 2.40 bits per heavy atom. The van der Waals surface area contributed by atoms with E-state index >= 15 is 0 Å². The third-order valence-corrected chi connectivity index (χ3v) is 7.99. The molecule has 4 amide bonds. The van der Waals surface area contributed by atoms with E-state index in [2.05, 4.69) is 16.0 Å². The lowest BCUT2D eigenvalue weighted by Gasteiger charge is -2.35. The predicted octanol–water partition coefficient (Wildman–Crippen LogP) is 2.23. The Hall–Kier alpha value is -3.43. The van der Waals surface area contributed by atoms with Crippen molar-refractivity contribution in [1.29, 1.82) is 0 Å². The SMILES string of the molecule is CC(C)C[C@H](NC(=O)OC1CCN(C(=O)OC(C)(C)C)c2ccccc21)C(=O)N[C@@H](CC1CCNC1=O)C(O)S(=O)(=O)O. The lowest BCUT2D eigenvalue weighted by atomic mass is 9.97. The zero-order valence-corrected chi connectivity index (χ0v) is 25.8. The summed E-state index contributed by atoms with van der Waals surface area (Å²) in [5.41, 5.74) is -1.99. The normalized spacial score (nSPS) is 20.8. The molecule has 0 spiro atoms. The third-order valence-electron chi connectivity index (χ3n) is 7.05. The summed E-state index contributed by atoms with van der Waals surface area (Å²) in [7, 11) is -4.99. The number of ether oxygens (including phenoxy) is 2. The molecular weight excluding hydrogens is 584 g/mol. The molecule has 0 bridgehead atoms. The van der Waals surface area contributed by atoms with Gasteiger partial charge in [-0.3, -0.25) is 19.0 Å². The van der Waals surface area contributed by atoms with Crippen molar-refractivity contribution in [2.75, 3.05) is 18.0 Å². The molecule has 1 fully saturated rings. The van der Waals surface area contributed by atoms with Crippen LogP contribution >= 0.6 is 0 Å². The molecule has 2 heterocycles. The van der Waals surface area contributed by atoms with Crippen molar-refractivity contribution >= 4 is 39.8 Å². The minimum Gasteiger partial charge on any atom is -0.443 e. The highest BCUT2D eigenvalue weighted by molar-refractivity contribution is 7.86. The lowest BCUT2D eigenvalue weighted by Crippen LogP contribution is -2.55. The van der Waals surface area contributed by atoms with Crippen molar-refractivity contribution < 1.29 is 46.7 Å². The van der Waals surface area contributed by atoms with Crippen molar-refractivity contribution in [3.63, 3.8) is 0 Å². The Kier molecular flexibility index (Phi) is 11.0. The number of nitrogens with zero attached hydrogens (tertiary/aromatic N) is 1. The van der Waals surface area contributed by atoms with Crippen molar-refractivity contribution in [2.45, 2.75) is 89.5 Å². The number of benzene rings is 1. The largest absolute Gasteiger partial charge is 0.443 e. The van der Waals surface area contributed by atoms with Crippen molar-refractivity contribution in [2.24, 2.45) is 11.8 Å². The fraction of sp³-hybridized carbons (Fsp3) is 0.643. The van der Waals surface area contributed by atoms with Crippen LogP contribution < -0.4 is 20.9 Å². The Bertz CT molecular complexity index is 1300. The van der Waals surface area contributed by atoms with Gasteiger partial charge in [0.05, 0.1) is 11.7 Å². The topological polar surface area (TPSA) is 201 Å². The monoisotopic (exact) mass is 626 g/mol. The van der Waals surface area contributed by atoms with Crippen LogP contribution in [0.25, 0.3) is 0 Å². The molecule has 3 unspecified atom stereocenters. The molecule has 1 aromatic rings. The molecule has 5 N–H and O–H groups in total. The molecule has 5 atom stereocenters. The molecule has 0 saturated carbocycles. The average Bonchev–Trinajstić information content (AvgIpc) is 3.29. The van der Waals surface area contributed by atoms with E-state index in [4.69, 9.17) is 9.47 Å². The van der Waals surface area contributed by atoms with Crippen LogP contribution in [0.15, 0.2) is 24.3 Å². The highest BCUT2D eigenvalue weighted by atomic mass is 32.2. The maximum atomic E-state index is 13.3. The molecule has 3 rings (SSSR count). The summed E-state index contributed by atoms with van der Waals surface area (Å²) >= 11 is 0. The Morgan fingerprint density at radius 2 is 1.81 bits per heavy atom. The molecule has 2 aliphatic heterocycles. The molecule has 0 aliphatic carbocycles. The van der Waals surface area contributed by atoms with E-state index in [0.29, 0.717) is 24.2 Å². The van der Waals surface area contributed by atoms with Gasteiger partial charge in [-0.25, -0.2) is 9.59 Å². The van der Waals surface area contributed by atoms with Gasteiger partial charge in [-0.2, -0.15) is 8.42 Å². The molecule has 240 valence electrons. The summed E-state index contributed by atoms with van der Waals surface area (Å²) in [6, 6.07) is 4.21. The zero-order valence-electron chi connectivity index (χ0n) is 25.0. The van der Waals surface area contributed by atoms with E-state index in [1.165, 1.54) is 4.90 Å². The second kappa shape index (κ2) is 13.9. The second-order valence-corrected chi connectivity index (χ2v) is 13.7. The van der Waals surface area contributed by atoms with Gasteiger partial charge in [0.15, 0.2) is 0 Å². The van der Waals surface area contributed by atoms with Crippen LogP contribution in [0.1, 0.15) is 72.0 Å². The van der Waals surface area contributed by atoms with Gasteiger partial charge in [-0.1, -0.05) is 32.0 Å². The van der Waals surface area contributed by atoms with Crippen LogP contribution in [0.5, 0.6) is 0 Å². The summed E-state index contributed by atoms with van der Waals surface area (Å²) in [4.78, 5) is 52.7. The number of anilines is 1. The summed E-state index contributed by atoms with van der Waals surface area (Å²) in [5, 5.41) is 17.8. The molecule has 1 saturated heterocycles. The third kappa shape index (κ3) is 9.53. The number of fused-ring (bicyclic) bond motifs is 1. The molecule has 0 radical (unpaired) electrons. The number of alkyl carbamates (subject to hydrolysis) is 1. The summed E-state index contributed by atoms with van der Waals surface area (Å²) < 4.78 is 44.1. The van der Waals surface area contributed by atoms with Crippen LogP contribution in [-0.4, -0.2) is 78.3 Å². The average molecular weight is 627 g/mol. The van der Waals surface area contributed by atoms with E-state index in [1.54, 1.807) is 45.0 Å². The molecule has 2 aliphatic rings. The number of amides is 4. The van der Waals surface area contributed by atoms with Crippen LogP contribution in [0.4, 0.5) is 15.3 Å². The Morgan fingerprint density at radius 1 is 1.14 bits per heavy atom. The highest BCUT2D eigenvalue weighted by Crippen LogP contribution is 2.36. The van der Waals surface area contributed by atoms with Gasteiger partial charge < -0.3 is 30.5 Å². The first-order chi connectivity index (χ1) is 20.0. The number of nitrogens with one attached hydrogen (secondary N) is 3. The number of aliphatic hydroxyl groups is 1. The Labute approximate surface area is 251 Å². The first-order valence-corrected chi connectivity index (χ1v) is 15.8. The van der Waals surface area contributed by atoms with Gasteiger partial charge in [0, 0.05) is 31.0 Å². The van der Waals surface area contributed by atoms with Gasteiger partial charge >= 0.3 is 12.2 Å². The summed E-state index contributed by atoms with van der Waals surface area (Å²) in [6.45, 7) is 9.47. The number of hydrogen-bond acceptors (Lipinski definition) is 9. The molecule has 15 heteroatoms. The first-order valence-electron chi connectivity index (χ1n) is 14.2. The zero-order chi connectivity index (χ0) is 32.1. The van der Waals surface area contributed by atoms with Crippen molar-refractivity contribution in [3.8, 4) is 0 Å². The first kappa shape index (κ1) is 34.1. The Balaban J connectivity index is 1.74. The fourth-order valence-corrected chi connectivity index (χ4v) is 5.67. The van der Waals surface area contributed by atoms with E-state index in [1.807, 2.05) is 13.8 Å². The van der Waals surface area contributed by atoms with Crippen molar-refractivity contribution in [3.05, 3.63) is 29.8 Å². The van der Waals surface area contributed by atoms with E-state index in [-0.39, 0.29) is 37.6 Å². The number of hydrogen-bond donors (Lipinski definition) is 5. The number of carbonyl (C=O) groups excluding carboxylic acids is 4. The van der Waals surface area contributed by atoms with Crippen LogP contribution in [0.3, 0.4) is 0 Å². The van der Waals surface area contributed by atoms with E-state index in [9.17, 15) is 37.3 Å². The van der Waals surface area contributed by atoms with Gasteiger partial charge in [0.25, 0.3) is 10.1 Å². The summed E-state index contributed by atoms with van der Waals surface area (Å²) in [6.07, 6.45) is -1.69. The standard InChI is InChI=1S/C28H42N4O10S/c1-16(2)14-19(24(34)30-20(25(35)43(38,39)40)15-17-10-12-29-23(17)33)31-26(36)41-22-11-13-32(27(37)42-28(3,4)5)21-9-7-6-8-18(21)22/h6-9,16-17,19-20,22,25,35H,10-15H2,1-5H3,(H,29,33)(H,30,34)(H,31,36)(H,38,39,40)/t17?,19-,20-,22?,25?/m0/s1. The van der Waals surface area contributed by atoms with Crippen molar-refractivity contribution in [1.82, 2.24) is 16.0 Å². The van der Waals surface area contributed by atoms with Crippen LogP contribution in [-0.2, 0) is 29.2 Å². The van der Waals surface area contributed by atoms with Crippen LogP contribution in [0, 0.1) is 11.8 Å². The number of aliphatic hydroxyl groups excluding tert-OH is 1. The van der Waals surface area contributed by atoms with Crippen LogP contribution in [0.2, 0.25) is 0 Å². The molecular formula is C28H42N4O10S. The van der Waals surface area contributed by atoms with E-state index < -0.39 is 63.4 Å². The fourth-order valence-electron chi connectivity index (χ4n) is 5.08. The number of para-hydroxylation sites is 1. The number of rotatable bonds is 10. The number of carbonyl (C=O) groups is 4. The van der Waals surface area contributed by atoms with Gasteiger partial charge in [0.1, 0.15) is 17.7 Å². The predicted molar refractivity (Wildman–Crippen MR) is 155 cm³/mol. The molecule has 14 nitrogen and oxygen atoms in total. The van der Waals surface area contributed by atoms with Gasteiger partial charge in [-0.15, -0.1) is 0 Å². The maximum absolute atomic E-state index is 13.3. The van der Waals surface area contributed by atoms with Gasteiger partial charge in [-0.05, 0) is 52.0 Å².